The fourth-order valence-electron chi connectivity index (χ4n) is 3.16. The van der Waals surface area contributed by atoms with E-state index in [0.29, 0.717) is 22.1 Å². The van der Waals surface area contributed by atoms with E-state index in [1.54, 1.807) is 60.3 Å². The molecule has 1 aromatic heterocycles. The van der Waals surface area contributed by atoms with Crippen molar-refractivity contribution in [2.75, 3.05) is 21.9 Å². The highest BCUT2D eigenvalue weighted by atomic mass is 32.2. The molecule has 0 saturated carbocycles. The van der Waals surface area contributed by atoms with E-state index in [9.17, 15) is 13.2 Å². The van der Waals surface area contributed by atoms with Crippen LogP contribution in [0.5, 0.6) is 5.75 Å². The Bertz CT molecular complexity index is 1180. The standard InChI is InChI=1S/C21H22N4O4S3/c1-2-12-30-21-24-23-20(31-21)22-19(26)18-13-25(16-10-6-7-11-17(16)29-18)32(27,28)14-15-8-4-3-5-9-15/h3-11,18H,2,12-14H2,1H3,(H,22,23,26)/t18-/m0/s1. The van der Waals surface area contributed by atoms with Gasteiger partial charge in [0.15, 0.2) is 10.4 Å². The first-order valence-electron chi connectivity index (χ1n) is 10.0. The van der Waals surface area contributed by atoms with Crippen LogP contribution in [0.3, 0.4) is 0 Å². The van der Waals surface area contributed by atoms with E-state index in [1.165, 1.54) is 15.6 Å². The third-order valence-electron chi connectivity index (χ3n) is 4.62. The van der Waals surface area contributed by atoms with Gasteiger partial charge in [-0.15, -0.1) is 10.2 Å². The molecular weight excluding hydrogens is 468 g/mol. The van der Waals surface area contributed by atoms with Gasteiger partial charge in [-0.1, -0.05) is 72.5 Å². The fourth-order valence-corrected chi connectivity index (χ4v) is 6.42. The largest absolute Gasteiger partial charge is 0.476 e. The summed E-state index contributed by atoms with van der Waals surface area (Å²) in [5.74, 6) is 0.610. The number of para-hydroxylation sites is 2. The van der Waals surface area contributed by atoms with E-state index >= 15 is 0 Å². The third kappa shape index (κ3) is 5.22. The monoisotopic (exact) mass is 490 g/mol. The minimum absolute atomic E-state index is 0.131. The smallest absolute Gasteiger partial charge is 0.269 e. The summed E-state index contributed by atoms with van der Waals surface area (Å²) in [6, 6.07) is 15.8. The Morgan fingerprint density at radius 3 is 2.72 bits per heavy atom. The first-order chi connectivity index (χ1) is 15.5. The highest BCUT2D eigenvalue weighted by Gasteiger charge is 2.37. The number of thioether (sulfide) groups is 1. The van der Waals surface area contributed by atoms with Gasteiger partial charge in [0, 0.05) is 5.75 Å². The number of nitrogens with one attached hydrogen (secondary N) is 1. The van der Waals surface area contributed by atoms with E-state index in [4.69, 9.17) is 4.74 Å². The molecule has 1 aliphatic heterocycles. The lowest BCUT2D eigenvalue weighted by atomic mass is 10.2. The summed E-state index contributed by atoms with van der Waals surface area (Å²) in [5, 5.41) is 11.1. The highest BCUT2D eigenvalue weighted by molar-refractivity contribution is 8.01. The molecule has 4 rings (SSSR count). The predicted octanol–water partition coefficient (Wildman–Crippen LogP) is 3.78. The Labute approximate surface area is 195 Å². The van der Waals surface area contributed by atoms with Crippen LogP contribution in [-0.4, -0.2) is 42.9 Å². The molecule has 2 aromatic carbocycles. The maximum Gasteiger partial charge on any atom is 0.269 e. The van der Waals surface area contributed by atoms with Crippen molar-refractivity contribution in [1.82, 2.24) is 10.2 Å². The van der Waals surface area contributed by atoms with Gasteiger partial charge in [-0.3, -0.25) is 14.4 Å². The molecule has 168 valence electrons. The lowest BCUT2D eigenvalue weighted by molar-refractivity contribution is -0.122. The molecule has 1 aliphatic rings. The summed E-state index contributed by atoms with van der Waals surface area (Å²) >= 11 is 2.85. The van der Waals surface area contributed by atoms with Crippen LogP contribution in [0.15, 0.2) is 58.9 Å². The molecule has 11 heteroatoms. The van der Waals surface area contributed by atoms with Gasteiger partial charge in [-0.05, 0) is 24.1 Å². The number of hydrogen-bond acceptors (Lipinski definition) is 8. The quantitative estimate of drug-likeness (QED) is 0.379. The Morgan fingerprint density at radius 2 is 1.94 bits per heavy atom. The Kier molecular flexibility index (Phi) is 6.97. The molecule has 1 N–H and O–H groups in total. The van der Waals surface area contributed by atoms with Gasteiger partial charge < -0.3 is 4.74 Å². The molecule has 2 heterocycles. The van der Waals surface area contributed by atoms with E-state index in [1.807, 2.05) is 6.07 Å². The van der Waals surface area contributed by atoms with Crippen LogP contribution in [0, 0.1) is 0 Å². The molecule has 1 amide bonds. The number of anilines is 2. The SMILES string of the molecule is CCCSc1nnc(NC(=O)[C@@H]2CN(S(=O)(=O)Cc3ccccc3)c3ccccc3O2)s1. The van der Waals surface area contributed by atoms with Gasteiger partial charge >= 0.3 is 0 Å². The lowest BCUT2D eigenvalue weighted by Crippen LogP contribution is -2.49. The van der Waals surface area contributed by atoms with Crippen LogP contribution in [0.1, 0.15) is 18.9 Å². The van der Waals surface area contributed by atoms with Crippen LogP contribution in [0.4, 0.5) is 10.8 Å². The Balaban J connectivity index is 1.54. The van der Waals surface area contributed by atoms with Crippen LogP contribution in [0.2, 0.25) is 0 Å². The molecule has 0 spiro atoms. The third-order valence-corrected chi connectivity index (χ3v) is 8.51. The minimum Gasteiger partial charge on any atom is -0.476 e. The molecule has 1 atom stereocenters. The number of benzene rings is 2. The number of nitrogens with zero attached hydrogens (tertiary/aromatic N) is 3. The first-order valence-corrected chi connectivity index (χ1v) is 13.4. The number of fused-ring (bicyclic) bond motifs is 1. The fraction of sp³-hybridized carbons (Fsp3) is 0.286. The van der Waals surface area contributed by atoms with Crippen molar-refractivity contribution < 1.29 is 17.9 Å². The molecule has 0 radical (unpaired) electrons. The van der Waals surface area contributed by atoms with E-state index in [0.717, 1.165) is 16.5 Å². The van der Waals surface area contributed by atoms with Crippen molar-refractivity contribution in [1.29, 1.82) is 0 Å². The molecule has 8 nitrogen and oxygen atoms in total. The molecule has 0 saturated heterocycles. The molecule has 0 bridgehead atoms. The predicted molar refractivity (Wildman–Crippen MR) is 127 cm³/mol. The Morgan fingerprint density at radius 1 is 1.19 bits per heavy atom. The zero-order valence-electron chi connectivity index (χ0n) is 17.3. The van der Waals surface area contributed by atoms with Crippen molar-refractivity contribution in [2.24, 2.45) is 0 Å². The number of rotatable bonds is 8. The normalized spacial score (nSPS) is 15.7. The van der Waals surface area contributed by atoms with Crippen molar-refractivity contribution in [3.8, 4) is 5.75 Å². The van der Waals surface area contributed by atoms with Gasteiger partial charge in [0.2, 0.25) is 15.2 Å². The summed E-state index contributed by atoms with van der Waals surface area (Å²) in [6.45, 7) is 1.95. The number of hydrogen-bond donors (Lipinski definition) is 1. The summed E-state index contributed by atoms with van der Waals surface area (Å²) in [7, 11) is -3.75. The maximum atomic E-state index is 13.3. The number of amides is 1. The molecule has 0 unspecified atom stereocenters. The molecular formula is C21H22N4O4S3. The summed E-state index contributed by atoms with van der Waals surface area (Å²) in [5.41, 5.74) is 1.09. The van der Waals surface area contributed by atoms with E-state index in [2.05, 4.69) is 22.4 Å². The van der Waals surface area contributed by atoms with Gasteiger partial charge in [0.25, 0.3) is 5.91 Å². The van der Waals surface area contributed by atoms with Crippen LogP contribution < -0.4 is 14.4 Å². The first kappa shape index (κ1) is 22.6. The van der Waals surface area contributed by atoms with Crippen LogP contribution in [0.25, 0.3) is 0 Å². The van der Waals surface area contributed by atoms with Crippen LogP contribution >= 0.6 is 23.1 Å². The van der Waals surface area contributed by atoms with Crippen molar-refractivity contribution in [2.45, 2.75) is 29.5 Å². The highest BCUT2D eigenvalue weighted by Crippen LogP contribution is 2.36. The zero-order valence-corrected chi connectivity index (χ0v) is 19.8. The topological polar surface area (TPSA) is 101 Å². The summed E-state index contributed by atoms with van der Waals surface area (Å²) < 4.78 is 34.4. The number of aromatic nitrogens is 2. The van der Waals surface area contributed by atoms with Gasteiger partial charge in [0.05, 0.1) is 18.0 Å². The van der Waals surface area contributed by atoms with Crippen molar-refractivity contribution in [3.05, 3.63) is 60.2 Å². The molecule has 0 aliphatic carbocycles. The average molecular weight is 491 g/mol. The number of sulfonamides is 1. The summed E-state index contributed by atoms with van der Waals surface area (Å²) in [6.07, 6.45) is -0.0137. The number of carbonyl (C=O) groups is 1. The molecule has 0 fully saturated rings. The summed E-state index contributed by atoms with van der Waals surface area (Å²) in [4.78, 5) is 12.9. The Hall–Kier alpha value is -2.63. The molecule has 3 aromatic rings. The lowest BCUT2D eigenvalue weighted by Gasteiger charge is -2.34. The van der Waals surface area contributed by atoms with Gasteiger partial charge in [0.1, 0.15) is 5.75 Å². The van der Waals surface area contributed by atoms with Crippen molar-refractivity contribution >= 4 is 49.8 Å². The van der Waals surface area contributed by atoms with E-state index < -0.39 is 22.0 Å². The maximum absolute atomic E-state index is 13.3. The molecule has 32 heavy (non-hydrogen) atoms. The minimum atomic E-state index is -3.75. The second-order valence-corrected chi connectivity index (χ2v) is 11.3. The average Bonchev–Trinajstić information content (AvgIpc) is 3.24. The van der Waals surface area contributed by atoms with Crippen LogP contribution in [-0.2, 0) is 20.6 Å². The van der Waals surface area contributed by atoms with Gasteiger partial charge in [-0.25, -0.2) is 8.42 Å². The second kappa shape index (κ2) is 9.88. The van der Waals surface area contributed by atoms with E-state index in [-0.39, 0.29) is 12.3 Å². The zero-order chi connectivity index (χ0) is 22.6. The van der Waals surface area contributed by atoms with Crippen molar-refractivity contribution in [3.63, 3.8) is 0 Å². The second-order valence-electron chi connectivity index (χ2n) is 7.06. The number of carbonyl (C=O) groups excluding carboxylic acids is 1. The number of ether oxygens (including phenoxy) is 1. The van der Waals surface area contributed by atoms with Gasteiger partial charge in [-0.2, -0.15) is 0 Å².